The molecule has 6 heteroatoms. The first kappa shape index (κ1) is 24.2. The van der Waals surface area contributed by atoms with Crippen molar-refractivity contribution in [1.82, 2.24) is 4.90 Å². The molecule has 1 aromatic rings. The predicted octanol–water partition coefficient (Wildman–Crippen LogP) is 4.29. The number of amides is 2. The molecule has 1 atom stereocenters. The van der Waals surface area contributed by atoms with Crippen LogP contribution >= 0.6 is 0 Å². The summed E-state index contributed by atoms with van der Waals surface area (Å²) >= 11 is 0. The van der Waals surface area contributed by atoms with Crippen molar-refractivity contribution in [2.24, 2.45) is 11.3 Å². The van der Waals surface area contributed by atoms with Crippen LogP contribution in [0.25, 0.3) is 0 Å². The molecule has 1 aromatic carbocycles. The molecule has 0 aliphatic carbocycles. The van der Waals surface area contributed by atoms with Gasteiger partial charge < -0.3 is 19.9 Å². The molecule has 2 amide bonds. The minimum absolute atomic E-state index is 0.00975. The van der Waals surface area contributed by atoms with Crippen LogP contribution in [0, 0.1) is 11.3 Å². The maximum Gasteiger partial charge on any atom is 0.228 e. The Balaban J connectivity index is 2.29. The molecule has 1 aliphatic rings. The standard InChI is InChI=1S/C24H39N3O3/c1-17(2)13-22(28)25-19-10-11-21(26(6)7)18(14-19)15-27(23(29)24(3,4)5)16-20-9-8-12-30-20/h10-11,14,17,20H,8-9,12-13,15-16H2,1-7H3,(H,25,28)/t20-/m0/s1. The first-order valence-corrected chi connectivity index (χ1v) is 11.0. The van der Waals surface area contributed by atoms with Crippen molar-refractivity contribution < 1.29 is 14.3 Å². The van der Waals surface area contributed by atoms with E-state index in [9.17, 15) is 9.59 Å². The normalized spacial score (nSPS) is 16.6. The molecule has 0 saturated carbocycles. The summed E-state index contributed by atoms with van der Waals surface area (Å²) in [7, 11) is 3.98. The summed E-state index contributed by atoms with van der Waals surface area (Å²) in [5.74, 6) is 0.421. The van der Waals surface area contributed by atoms with Crippen LogP contribution < -0.4 is 10.2 Å². The largest absolute Gasteiger partial charge is 0.377 e. The second-order valence-corrected chi connectivity index (χ2v) is 9.95. The Morgan fingerprint density at radius 3 is 2.47 bits per heavy atom. The number of carbonyl (C=O) groups is 2. The van der Waals surface area contributed by atoms with Crippen LogP contribution in [0.5, 0.6) is 0 Å². The summed E-state index contributed by atoms with van der Waals surface area (Å²) in [4.78, 5) is 29.4. The fraction of sp³-hybridized carbons (Fsp3) is 0.667. The number of benzene rings is 1. The van der Waals surface area contributed by atoms with Crippen LogP contribution in [0.15, 0.2) is 18.2 Å². The zero-order valence-corrected chi connectivity index (χ0v) is 19.7. The van der Waals surface area contributed by atoms with Crippen LogP contribution in [0.2, 0.25) is 0 Å². The summed E-state index contributed by atoms with van der Waals surface area (Å²) in [5, 5.41) is 3.00. The minimum Gasteiger partial charge on any atom is -0.377 e. The maximum atomic E-state index is 13.2. The van der Waals surface area contributed by atoms with Crippen LogP contribution in [-0.4, -0.2) is 50.1 Å². The highest BCUT2D eigenvalue weighted by atomic mass is 16.5. The number of carbonyl (C=O) groups excluding carboxylic acids is 2. The number of rotatable bonds is 8. The Kier molecular flexibility index (Phi) is 8.30. The Morgan fingerprint density at radius 1 is 1.23 bits per heavy atom. The average Bonchev–Trinajstić information content (AvgIpc) is 3.12. The van der Waals surface area contributed by atoms with E-state index >= 15 is 0 Å². The van der Waals surface area contributed by atoms with E-state index in [-0.39, 0.29) is 17.9 Å². The molecule has 168 valence electrons. The average molecular weight is 418 g/mol. The molecule has 0 aromatic heterocycles. The number of hydrogen-bond acceptors (Lipinski definition) is 4. The number of ether oxygens (including phenoxy) is 1. The van der Waals surface area contributed by atoms with Crippen molar-refractivity contribution in [3.8, 4) is 0 Å². The lowest BCUT2D eigenvalue weighted by molar-refractivity contribution is -0.141. The lowest BCUT2D eigenvalue weighted by atomic mass is 9.94. The van der Waals surface area contributed by atoms with Gasteiger partial charge in [0.05, 0.1) is 6.10 Å². The zero-order chi connectivity index (χ0) is 22.5. The Bertz CT molecular complexity index is 732. The molecule has 2 rings (SSSR count). The fourth-order valence-electron chi connectivity index (χ4n) is 3.74. The van der Waals surface area contributed by atoms with E-state index in [2.05, 4.69) is 5.32 Å². The van der Waals surface area contributed by atoms with E-state index < -0.39 is 5.41 Å². The molecular weight excluding hydrogens is 378 g/mol. The van der Waals surface area contributed by atoms with Gasteiger partial charge in [0.25, 0.3) is 0 Å². The van der Waals surface area contributed by atoms with Gasteiger partial charge in [-0.15, -0.1) is 0 Å². The number of nitrogens with one attached hydrogen (secondary N) is 1. The molecule has 1 heterocycles. The van der Waals surface area contributed by atoms with Gasteiger partial charge in [0.2, 0.25) is 11.8 Å². The van der Waals surface area contributed by atoms with Gasteiger partial charge in [-0.05, 0) is 42.5 Å². The summed E-state index contributed by atoms with van der Waals surface area (Å²) in [6, 6.07) is 5.92. The quantitative estimate of drug-likeness (QED) is 0.685. The number of nitrogens with zero attached hydrogens (tertiary/aromatic N) is 2. The van der Waals surface area contributed by atoms with Crippen molar-refractivity contribution in [3.05, 3.63) is 23.8 Å². The molecular formula is C24H39N3O3. The summed E-state index contributed by atoms with van der Waals surface area (Å²) in [5.41, 5.74) is 2.34. The highest BCUT2D eigenvalue weighted by molar-refractivity contribution is 5.91. The van der Waals surface area contributed by atoms with Gasteiger partial charge in [0, 0.05) is 57.0 Å². The van der Waals surface area contributed by atoms with E-state index in [1.54, 1.807) is 0 Å². The van der Waals surface area contributed by atoms with E-state index in [4.69, 9.17) is 4.74 Å². The van der Waals surface area contributed by atoms with Crippen LogP contribution in [0.4, 0.5) is 11.4 Å². The Labute approximate surface area is 182 Å². The number of hydrogen-bond donors (Lipinski definition) is 1. The first-order valence-electron chi connectivity index (χ1n) is 11.0. The molecule has 1 N–H and O–H groups in total. The minimum atomic E-state index is -0.472. The Morgan fingerprint density at radius 2 is 1.93 bits per heavy atom. The van der Waals surface area contributed by atoms with Gasteiger partial charge in [-0.25, -0.2) is 0 Å². The van der Waals surface area contributed by atoms with E-state index in [0.29, 0.717) is 25.4 Å². The van der Waals surface area contributed by atoms with Crippen LogP contribution in [0.1, 0.15) is 59.4 Å². The van der Waals surface area contributed by atoms with Crippen molar-refractivity contribution in [2.45, 2.75) is 66.5 Å². The summed E-state index contributed by atoms with van der Waals surface area (Å²) < 4.78 is 5.81. The van der Waals surface area contributed by atoms with Crippen molar-refractivity contribution >= 4 is 23.2 Å². The van der Waals surface area contributed by atoms with Gasteiger partial charge in [-0.2, -0.15) is 0 Å². The van der Waals surface area contributed by atoms with Crippen LogP contribution in [0.3, 0.4) is 0 Å². The third kappa shape index (κ3) is 7.01. The van der Waals surface area contributed by atoms with E-state index in [0.717, 1.165) is 36.4 Å². The van der Waals surface area contributed by atoms with Gasteiger partial charge in [0.15, 0.2) is 0 Å². The van der Waals surface area contributed by atoms with Gasteiger partial charge in [-0.3, -0.25) is 9.59 Å². The molecule has 1 fully saturated rings. The van der Waals surface area contributed by atoms with Crippen LogP contribution in [-0.2, 0) is 20.9 Å². The maximum absolute atomic E-state index is 13.2. The van der Waals surface area contributed by atoms with E-state index in [1.165, 1.54) is 0 Å². The summed E-state index contributed by atoms with van der Waals surface area (Å²) in [6.45, 7) is 11.8. The van der Waals surface area contributed by atoms with Gasteiger partial charge >= 0.3 is 0 Å². The molecule has 1 aliphatic heterocycles. The third-order valence-electron chi connectivity index (χ3n) is 5.18. The lowest BCUT2D eigenvalue weighted by Crippen LogP contribution is -2.43. The highest BCUT2D eigenvalue weighted by Gasteiger charge is 2.31. The molecule has 6 nitrogen and oxygen atoms in total. The smallest absolute Gasteiger partial charge is 0.228 e. The van der Waals surface area contributed by atoms with E-state index in [1.807, 2.05) is 76.7 Å². The SMILES string of the molecule is CC(C)CC(=O)Nc1ccc(N(C)C)c(CN(C[C@@H]2CCCO2)C(=O)C(C)(C)C)c1. The van der Waals surface area contributed by atoms with Crippen molar-refractivity contribution in [1.29, 1.82) is 0 Å². The predicted molar refractivity (Wildman–Crippen MR) is 123 cm³/mol. The molecule has 1 saturated heterocycles. The fourth-order valence-corrected chi connectivity index (χ4v) is 3.74. The highest BCUT2D eigenvalue weighted by Crippen LogP contribution is 2.28. The molecule has 0 unspecified atom stereocenters. The lowest BCUT2D eigenvalue weighted by Gasteiger charge is -2.32. The molecule has 0 spiro atoms. The molecule has 30 heavy (non-hydrogen) atoms. The second-order valence-electron chi connectivity index (χ2n) is 9.95. The number of anilines is 2. The summed E-state index contributed by atoms with van der Waals surface area (Å²) in [6.07, 6.45) is 2.61. The van der Waals surface area contributed by atoms with Crippen molar-refractivity contribution in [2.75, 3.05) is 37.5 Å². The van der Waals surface area contributed by atoms with Gasteiger partial charge in [0.1, 0.15) is 0 Å². The Hall–Kier alpha value is -2.08. The molecule has 0 radical (unpaired) electrons. The molecule has 0 bridgehead atoms. The zero-order valence-electron chi connectivity index (χ0n) is 19.7. The first-order chi connectivity index (χ1) is 14.0. The monoisotopic (exact) mass is 417 g/mol. The topological polar surface area (TPSA) is 61.9 Å². The van der Waals surface area contributed by atoms with Gasteiger partial charge in [-0.1, -0.05) is 34.6 Å². The van der Waals surface area contributed by atoms with Crippen molar-refractivity contribution in [3.63, 3.8) is 0 Å². The third-order valence-corrected chi connectivity index (χ3v) is 5.18. The second kappa shape index (κ2) is 10.3.